The van der Waals surface area contributed by atoms with Crippen LogP contribution >= 0.6 is 0 Å². The van der Waals surface area contributed by atoms with Crippen molar-refractivity contribution in [1.29, 1.82) is 0 Å². The summed E-state index contributed by atoms with van der Waals surface area (Å²) in [6, 6.07) is 0. The number of nitrogens with zero attached hydrogens (tertiary/aromatic N) is 2. The van der Waals surface area contributed by atoms with E-state index >= 15 is 0 Å². The molecular weight excluding hydrogens is 246 g/mol. The summed E-state index contributed by atoms with van der Waals surface area (Å²) in [4.78, 5) is 14.4. The van der Waals surface area contributed by atoms with Gasteiger partial charge in [-0.05, 0) is 31.6 Å². The molecule has 0 aromatic rings. The van der Waals surface area contributed by atoms with Crippen LogP contribution in [0.15, 0.2) is 5.16 Å². The molecule has 0 bridgehead atoms. The molecule has 0 spiro atoms. The molecular formula is C13H23N3O3. The molecule has 0 unspecified atom stereocenters. The van der Waals surface area contributed by atoms with Crippen molar-refractivity contribution in [2.45, 2.75) is 32.1 Å². The molecule has 2 rings (SSSR count). The molecule has 1 saturated heterocycles. The number of rotatable bonds is 4. The largest absolute Gasteiger partial charge is 0.409 e. The zero-order valence-corrected chi connectivity index (χ0v) is 11.5. The Bertz CT molecular complexity index is 360. The maximum Gasteiger partial charge on any atom is 0.236 e. The third kappa shape index (κ3) is 2.68. The maximum atomic E-state index is 12.7. The lowest BCUT2D eigenvalue weighted by molar-refractivity contribution is -0.142. The third-order valence-electron chi connectivity index (χ3n) is 4.46. The second kappa shape index (κ2) is 5.77. The summed E-state index contributed by atoms with van der Waals surface area (Å²) in [6.45, 7) is 1.71. The second-order valence-corrected chi connectivity index (χ2v) is 5.66. The first-order chi connectivity index (χ1) is 9.10. The molecule has 1 aliphatic heterocycles. The van der Waals surface area contributed by atoms with E-state index in [4.69, 9.17) is 15.7 Å². The summed E-state index contributed by atoms with van der Waals surface area (Å²) >= 11 is 0. The van der Waals surface area contributed by atoms with Gasteiger partial charge < -0.3 is 20.6 Å². The monoisotopic (exact) mass is 269 g/mol. The van der Waals surface area contributed by atoms with E-state index in [1.165, 1.54) is 19.3 Å². The van der Waals surface area contributed by atoms with E-state index < -0.39 is 5.41 Å². The number of hydrogen-bond acceptors (Lipinski definition) is 4. The molecule has 6 nitrogen and oxygen atoms in total. The number of carbonyl (C=O) groups excluding carboxylic acids is 1. The smallest absolute Gasteiger partial charge is 0.236 e. The average Bonchev–Trinajstić information content (AvgIpc) is 2.41. The van der Waals surface area contributed by atoms with Crippen molar-refractivity contribution in [2.24, 2.45) is 22.2 Å². The highest BCUT2D eigenvalue weighted by Gasteiger charge is 2.46. The molecule has 3 N–H and O–H groups in total. The van der Waals surface area contributed by atoms with Crippen LogP contribution in [0.4, 0.5) is 0 Å². The van der Waals surface area contributed by atoms with E-state index in [1.54, 1.807) is 4.90 Å². The highest BCUT2D eigenvalue weighted by atomic mass is 16.5. The van der Waals surface area contributed by atoms with Gasteiger partial charge in [0.1, 0.15) is 5.41 Å². The number of nitrogens with two attached hydrogens (primary N) is 1. The molecule has 1 heterocycles. The molecule has 19 heavy (non-hydrogen) atoms. The third-order valence-corrected chi connectivity index (χ3v) is 4.46. The highest BCUT2D eigenvalue weighted by Crippen LogP contribution is 2.34. The molecule has 1 aliphatic carbocycles. The van der Waals surface area contributed by atoms with E-state index in [9.17, 15) is 4.79 Å². The van der Waals surface area contributed by atoms with Crippen molar-refractivity contribution in [3.63, 3.8) is 0 Å². The van der Waals surface area contributed by atoms with Crippen LogP contribution in [0.2, 0.25) is 0 Å². The Morgan fingerprint density at radius 2 is 2.11 bits per heavy atom. The molecule has 0 radical (unpaired) electrons. The summed E-state index contributed by atoms with van der Waals surface area (Å²) in [7, 11) is 1.81. The van der Waals surface area contributed by atoms with Crippen LogP contribution in [-0.4, -0.2) is 48.7 Å². The first kappa shape index (κ1) is 14.1. The van der Waals surface area contributed by atoms with Gasteiger partial charge in [-0.1, -0.05) is 11.6 Å². The van der Waals surface area contributed by atoms with Crippen molar-refractivity contribution in [3.05, 3.63) is 0 Å². The first-order valence-corrected chi connectivity index (χ1v) is 6.91. The Balaban J connectivity index is 2.10. The fourth-order valence-electron chi connectivity index (χ4n) is 2.91. The molecule has 0 aromatic carbocycles. The molecule has 6 heteroatoms. The van der Waals surface area contributed by atoms with Crippen LogP contribution in [0.1, 0.15) is 32.1 Å². The molecule has 0 atom stereocenters. The quantitative estimate of drug-likeness (QED) is 0.342. The zero-order chi connectivity index (χ0) is 13.9. The van der Waals surface area contributed by atoms with Crippen LogP contribution in [0.3, 0.4) is 0 Å². The van der Waals surface area contributed by atoms with Gasteiger partial charge in [-0.25, -0.2) is 0 Å². The van der Waals surface area contributed by atoms with Crippen molar-refractivity contribution in [1.82, 2.24) is 4.90 Å². The lowest BCUT2D eigenvalue weighted by atomic mass is 9.77. The SMILES string of the molecule is CN(CC1CCC1)C(=O)C1(C(N)=NO)CCOCC1. The summed E-state index contributed by atoms with van der Waals surface area (Å²) in [5.41, 5.74) is 4.91. The molecule has 1 amide bonds. The number of carbonyl (C=O) groups is 1. The Morgan fingerprint density at radius 1 is 1.47 bits per heavy atom. The Kier molecular flexibility index (Phi) is 4.29. The predicted octanol–water partition coefficient (Wildman–Crippen LogP) is 0.788. The Hall–Kier alpha value is -1.30. The zero-order valence-electron chi connectivity index (χ0n) is 11.5. The van der Waals surface area contributed by atoms with Gasteiger partial charge in [0.2, 0.25) is 5.91 Å². The maximum absolute atomic E-state index is 12.7. The van der Waals surface area contributed by atoms with E-state index in [2.05, 4.69) is 5.16 Å². The van der Waals surface area contributed by atoms with Crippen molar-refractivity contribution in [2.75, 3.05) is 26.8 Å². The molecule has 0 aromatic heterocycles. The van der Waals surface area contributed by atoms with E-state index in [-0.39, 0.29) is 11.7 Å². The molecule has 1 saturated carbocycles. The number of amidine groups is 1. The lowest BCUT2D eigenvalue weighted by Crippen LogP contribution is -2.54. The minimum Gasteiger partial charge on any atom is -0.409 e. The number of amides is 1. The molecule has 2 aliphatic rings. The minimum atomic E-state index is -0.883. The van der Waals surface area contributed by atoms with Crippen molar-refractivity contribution in [3.8, 4) is 0 Å². The van der Waals surface area contributed by atoms with Crippen LogP contribution in [-0.2, 0) is 9.53 Å². The predicted molar refractivity (Wildman–Crippen MR) is 70.9 cm³/mol. The molecule has 2 fully saturated rings. The lowest BCUT2D eigenvalue weighted by Gasteiger charge is -2.39. The summed E-state index contributed by atoms with van der Waals surface area (Å²) in [5, 5.41) is 12.1. The molecule has 108 valence electrons. The highest BCUT2D eigenvalue weighted by molar-refractivity contribution is 6.06. The fourth-order valence-corrected chi connectivity index (χ4v) is 2.91. The van der Waals surface area contributed by atoms with Crippen molar-refractivity contribution >= 4 is 11.7 Å². The first-order valence-electron chi connectivity index (χ1n) is 6.91. The summed E-state index contributed by atoms with van der Waals surface area (Å²) in [5.74, 6) is 0.581. The van der Waals surface area contributed by atoms with Gasteiger partial charge in [-0.2, -0.15) is 0 Å². The van der Waals surface area contributed by atoms with Crippen molar-refractivity contribution < 1.29 is 14.7 Å². The second-order valence-electron chi connectivity index (χ2n) is 5.66. The van der Waals surface area contributed by atoms with E-state index in [0.29, 0.717) is 32.0 Å². The van der Waals surface area contributed by atoms with Gasteiger partial charge in [-0.15, -0.1) is 0 Å². The summed E-state index contributed by atoms with van der Waals surface area (Å²) < 4.78 is 5.30. The standard InChI is InChI=1S/C13H23N3O3/c1-16(9-10-3-2-4-10)12(17)13(11(14)15-18)5-7-19-8-6-13/h10,18H,2-9H2,1H3,(H2,14,15). The van der Waals surface area contributed by atoms with E-state index in [1.807, 2.05) is 7.05 Å². The van der Waals surface area contributed by atoms with Gasteiger partial charge in [0.25, 0.3) is 0 Å². The van der Waals surface area contributed by atoms with Gasteiger partial charge >= 0.3 is 0 Å². The Labute approximate surface area is 113 Å². The van der Waals surface area contributed by atoms with Gasteiger partial charge in [0.15, 0.2) is 5.84 Å². The van der Waals surface area contributed by atoms with Crippen LogP contribution in [0, 0.1) is 11.3 Å². The Morgan fingerprint density at radius 3 is 2.58 bits per heavy atom. The normalized spacial score (nSPS) is 23.7. The van der Waals surface area contributed by atoms with Crippen LogP contribution in [0.25, 0.3) is 0 Å². The fraction of sp³-hybridized carbons (Fsp3) is 0.846. The average molecular weight is 269 g/mol. The topological polar surface area (TPSA) is 88.2 Å². The van der Waals surface area contributed by atoms with Gasteiger partial charge in [0, 0.05) is 26.8 Å². The van der Waals surface area contributed by atoms with E-state index in [0.717, 1.165) is 6.54 Å². The number of oxime groups is 1. The van der Waals surface area contributed by atoms with Gasteiger partial charge in [-0.3, -0.25) is 4.79 Å². The van der Waals surface area contributed by atoms with Gasteiger partial charge in [0.05, 0.1) is 0 Å². The number of ether oxygens (including phenoxy) is 1. The van der Waals surface area contributed by atoms with Crippen LogP contribution in [0.5, 0.6) is 0 Å². The number of hydrogen-bond donors (Lipinski definition) is 2. The summed E-state index contributed by atoms with van der Waals surface area (Å²) in [6.07, 6.45) is 4.61. The minimum absolute atomic E-state index is 0.0151. The van der Waals surface area contributed by atoms with Crippen LogP contribution < -0.4 is 5.73 Å².